The van der Waals surface area contributed by atoms with E-state index >= 15 is 0 Å². The summed E-state index contributed by atoms with van der Waals surface area (Å²) in [5.41, 5.74) is 2.82. The molecule has 0 aliphatic heterocycles. The normalized spacial score (nSPS) is 9.68. The Labute approximate surface area is 114 Å². The molecule has 2 rings (SSSR count). The highest BCUT2D eigenvalue weighted by molar-refractivity contribution is 5.87. The van der Waals surface area contributed by atoms with Crippen LogP contribution in [0, 0.1) is 23.3 Å². The molecule has 0 bridgehead atoms. The number of nitriles is 1. The zero-order valence-corrected chi connectivity index (χ0v) is 11.1. The highest BCUT2D eigenvalue weighted by atomic mass is 15.0. The smallest absolute Gasteiger partial charge is 0.189 e. The summed E-state index contributed by atoms with van der Waals surface area (Å²) in [5.74, 6) is 6.28. The Morgan fingerprint density at radius 3 is 2.84 bits per heavy atom. The molecule has 1 aromatic carbocycles. The van der Waals surface area contributed by atoms with Crippen LogP contribution in [0.2, 0.25) is 0 Å². The highest BCUT2D eigenvalue weighted by Gasteiger charge is 2.13. The van der Waals surface area contributed by atoms with Gasteiger partial charge in [-0.05, 0) is 30.4 Å². The molecular formula is C17H16N2. The van der Waals surface area contributed by atoms with Crippen LogP contribution in [-0.4, -0.2) is 4.57 Å². The van der Waals surface area contributed by atoms with Crippen LogP contribution in [0.25, 0.3) is 10.9 Å². The number of aromatic nitrogens is 1. The van der Waals surface area contributed by atoms with E-state index in [-0.39, 0.29) is 0 Å². The van der Waals surface area contributed by atoms with Crippen molar-refractivity contribution >= 4 is 10.9 Å². The standard InChI is InChI=1S/C17H16N2/c1-3-5-6-11-16-14(9-4-2)15-10-7-8-12-17(15)19(16)13-18/h4,7-8,10,12H,2-3,5,9H2,1H3. The van der Waals surface area contributed by atoms with Crippen molar-refractivity contribution < 1.29 is 0 Å². The number of fused-ring (bicyclic) bond motifs is 1. The maximum atomic E-state index is 9.37. The molecule has 0 saturated heterocycles. The molecule has 0 amide bonds. The molecule has 1 aromatic heterocycles. The minimum atomic E-state index is 0.728. The molecule has 0 fully saturated rings. The number of hydrogen-bond donors (Lipinski definition) is 0. The average molecular weight is 248 g/mol. The Bertz CT molecular complexity index is 702. The molecule has 0 unspecified atom stereocenters. The van der Waals surface area contributed by atoms with Crippen molar-refractivity contribution in [2.45, 2.75) is 26.2 Å². The lowest BCUT2D eigenvalue weighted by molar-refractivity contribution is 0.982. The first-order chi connectivity index (χ1) is 9.33. The minimum absolute atomic E-state index is 0.728. The topological polar surface area (TPSA) is 28.7 Å². The molecule has 0 saturated carbocycles. The molecule has 0 radical (unpaired) electrons. The van der Waals surface area contributed by atoms with Crippen LogP contribution in [0.15, 0.2) is 36.9 Å². The zero-order chi connectivity index (χ0) is 13.7. The van der Waals surface area contributed by atoms with Crippen molar-refractivity contribution in [1.29, 1.82) is 5.26 Å². The van der Waals surface area contributed by atoms with Crippen molar-refractivity contribution in [2.75, 3.05) is 0 Å². The second-order valence-corrected chi connectivity index (χ2v) is 4.32. The van der Waals surface area contributed by atoms with Gasteiger partial charge in [0.25, 0.3) is 0 Å². The Kier molecular flexibility index (Phi) is 4.06. The zero-order valence-electron chi connectivity index (χ0n) is 11.1. The first-order valence-corrected chi connectivity index (χ1v) is 6.45. The summed E-state index contributed by atoms with van der Waals surface area (Å²) in [6.45, 7) is 5.89. The highest BCUT2D eigenvalue weighted by Crippen LogP contribution is 2.25. The third-order valence-corrected chi connectivity index (χ3v) is 3.01. The van der Waals surface area contributed by atoms with Crippen LogP contribution in [0.1, 0.15) is 31.0 Å². The molecule has 0 N–H and O–H groups in total. The van der Waals surface area contributed by atoms with E-state index in [9.17, 15) is 5.26 Å². The number of allylic oxidation sites excluding steroid dienone is 1. The second kappa shape index (κ2) is 5.94. The fourth-order valence-corrected chi connectivity index (χ4v) is 2.16. The lowest BCUT2D eigenvalue weighted by atomic mass is 10.1. The summed E-state index contributed by atoms with van der Waals surface area (Å²) in [6, 6.07) is 7.92. The number of para-hydroxylation sites is 1. The SMILES string of the molecule is C=CCc1c(C#CCCC)n(C#N)c2ccccc12. The predicted molar refractivity (Wildman–Crippen MR) is 78.6 cm³/mol. The van der Waals surface area contributed by atoms with Crippen molar-refractivity contribution in [3.63, 3.8) is 0 Å². The van der Waals surface area contributed by atoms with Gasteiger partial charge in [0.2, 0.25) is 0 Å². The molecule has 2 heteroatoms. The maximum absolute atomic E-state index is 9.37. The molecular weight excluding hydrogens is 232 g/mol. The molecule has 2 nitrogen and oxygen atoms in total. The van der Waals surface area contributed by atoms with Crippen LogP contribution >= 0.6 is 0 Å². The summed E-state index contributed by atoms with van der Waals surface area (Å²) in [7, 11) is 0. The molecule has 0 atom stereocenters. The van der Waals surface area contributed by atoms with E-state index in [0.29, 0.717) is 0 Å². The van der Waals surface area contributed by atoms with Crippen LogP contribution < -0.4 is 0 Å². The molecule has 0 aliphatic rings. The van der Waals surface area contributed by atoms with Crippen LogP contribution in [0.3, 0.4) is 0 Å². The van der Waals surface area contributed by atoms with E-state index in [0.717, 1.165) is 41.4 Å². The Morgan fingerprint density at radius 1 is 1.37 bits per heavy atom. The van der Waals surface area contributed by atoms with Gasteiger partial charge in [0.05, 0.1) is 5.52 Å². The number of hydrogen-bond acceptors (Lipinski definition) is 1. The number of unbranched alkanes of at least 4 members (excludes halogenated alkanes) is 1. The van der Waals surface area contributed by atoms with Gasteiger partial charge < -0.3 is 0 Å². The van der Waals surface area contributed by atoms with E-state index in [4.69, 9.17) is 0 Å². The van der Waals surface area contributed by atoms with Crippen molar-refractivity contribution in [3.8, 4) is 18.0 Å². The van der Waals surface area contributed by atoms with E-state index in [1.165, 1.54) is 0 Å². The van der Waals surface area contributed by atoms with E-state index in [1.54, 1.807) is 4.57 Å². The maximum Gasteiger partial charge on any atom is 0.189 e. The van der Waals surface area contributed by atoms with Gasteiger partial charge in [-0.3, -0.25) is 0 Å². The van der Waals surface area contributed by atoms with Gasteiger partial charge >= 0.3 is 0 Å². The van der Waals surface area contributed by atoms with Crippen LogP contribution in [-0.2, 0) is 6.42 Å². The number of rotatable bonds is 3. The van der Waals surface area contributed by atoms with Crippen molar-refractivity contribution in [3.05, 3.63) is 48.2 Å². The molecule has 0 aliphatic carbocycles. The number of nitrogens with zero attached hydrogens (tertiary/aromatic N) is 2. The summed E-state index contributed by atoms with van der Waals surface area (Å²) in [6.07, 6.45) is 6.68. The fourth-order valence-electron chi connectivity index (χ4n) is 2.16. The second-order valence-electron chi connectivity index (χ2n) is 4.32. The van der Waals surface area contributed by atoms with Gasteiger partial charge in [-0.15, -0.1) is 6.58 Å². The van der Waals surface area contributed by atoms with Gasteiger partial charge in [-0.1, -0.05) is 37.1 Å². The lowest BCUT2D eigenvalue weighted by Gasteiger charge is -1.96. The van der Waals surface area contributed by atoms with Gasteiger partial charge in [0.15, 0.2) is 6.19 Å². The predicted octanol–water partition coefficient (Wildman–Crippen LogP) is 3.85. The van der Waals surface area contributed by atoms with Crippen molar-refractivity contribution in [1.82, 2.24) is 4.57 Å². The Morgan fingerprint density at radius 2 is 2.16 bits per heavy atom. The molecule has 19 heavy (non-hydrogen) atoms. The summed E-state index contributed by atoms with van der Waals surface area (Å²) >= 11 is 0. The Balaban J connectivity index is 2.72. The molecule has 1 heterocycles. The van der Waals surface area contributed by atoms with E-state index in [1.807, 2.05) is 30.3 Å². The largest absolute Gasteiger partial charge is 0.239 e. The summed E-state index contributed by atoms with van der Waals surface area (Å²) in [4.78, 5) is 0. The molecule has 0 spiro atoms. The van der Waals surface area contributed by atoms with Gasteiger partial charge in [-0.25, -0.2) is 4.57 Å². The van der Waals surface area contributed by atoms with Crippen molar-refractivity contribution in [2.24, 2.45) is 0 Å². The summed E-state index contributed by atoms with van der Waals surface area (Å²) < 4.78 is 1.62. The number of benzene rings is 1. The quantitative estimate of drug-likeness (QED) is 0.599. The lowest BCUT2D eigenvalue weighted by Crippen LogP contribution is -1.94. The Hall–Kier alpha value is -2.45. The first-order valence-electron chi connectivity index (χ1n) is 6.45. The third-order valence-electron chi connectivity index (χ3n) is 3.01. The van der Waals surface area contributed by atoms with E-state index < -0.39 is 0 Å². The van der Waals surface area contributed by atoms with Gasteiger partial charge in [0, 0.05) is 11.8 Å². The fraction of sp³-hybridized carbons (Fsp3) is 0.235. The summed E-state index contributed by atoms with van der Waals surface area (Å²) in [5, 5.41) is 10.5. The van der Waals surface area contributed by atoms with E-state index in [2.05, 4.69) is 31.5 Å². The average Bonchev–Trinajstić information content (AvgIpc) is 2.73. The van der Waals surface area contributed by atoms with Gasteiger partial charge in [0.1, 0.15) is 5.69 Å². The third kappa shape index (κ3) is 2.39. The minimum Gasteiger partial charge on any atom is -0.239 e. The molecule has 2 aromatic rings. The monoisotopic (exact) mass is 248 g/mol. The van der Waals surface area contributed by atoms with Crippen LogP contribution in [0.5, 0.6) is 0 Å². The van der Waals surface area contributed by atoms with Crippen LogP contribution in [0.4, 0.5) is 0 Å². The first kappa shape index (κ1) is 13.0. The molecule has 94 valence electrons. The van der Waals surface area contributed by atoms with Gasteiger partial charge in [-0.2, -0.15) is 5.26 Å².